The van der Waals surface area contributed by atoms with Crippen molar-refractivity contribution in [1.82, 2.24) is 5.32 Å². The van der Waals surface area contributed by atoms with Crippen LogP contribution in [0.2, 0.25) is 0 Å². The first kappa shape index (κ1) is 17.1. The van der Waals surface area contributed by atoms with Crippen LogP contribution in [0.15, 0.2) is 18.2 Å². The summed E-state index contributed by atoms with van der Waals surface area (Å²) in [5.74, 6) is -0.128. The number of ether oxygens (including phenoxy) is 1. The number of nitrogens with one attached hydrogen (secondary N) is 1. The van der Waals surface area contributed by atoms with Crippen LogP contribution in [0.5, 0.6) is 0 Å². The van der Waals surface area contributed by atoms with E-state index in [0.29, 0.717) is 5.56 Å². The van der Waals surface area contributed by atoms with E-state index in [-0.39, 0.29) is 17.5 Å². The summed E-state index contributed by atoms with van der Waals surface area (Å²) in [4.78, 5) is 0. The van der Waals surface area contributed by atoms with Gasteiger partial charge in [-0.2, -0.15) is 0 Å². The zero-order chi connectivity index (χ0) is 15.2. The van der Waals surface area contributed by atoms with Crippen molar-refractivity contribution in [2.75, 3.05) is 13.7 Å². The number of halogens is 1. The lowest BCUT2D eigenvalue weighted by Crippen LogP contribution is -2.28. The summed E-state index contributed by atoms with van der Waals surface area (Å²) in [6.45, 7) is 9.04. The van der Waals surface area contributed by atoms with Crippen LogP contribution in [-0.4, -0.2) is 19.3 Å². The minimum atomic E-state index is -0.143. The van der Waals surface area contributed by atoms with Crippen molar-refractivity contribution in [2.24, 2.45) is 0 Å². The van der Waals surface area contributed by atoms with Gasteiger partial charge in [-0.05, 0) is 63.8 Å². The SMILES string of the molecule is CCCNC(CCC(C)(C)OC)c1ccc(C)c(F)c1. The Balaban J connectivity index is 2.79. The quantitative estimate of drug-likeness (QED) is 0.763. The van der Waals surface area contributed by atoms with Gasteiger partial charge in [-0.3, -0.25) is 0 Å². The summed E-state index contributed by atoms with van der Waals surface area (Å²) in [6, 6.07) is 5.71. The molecule has 1 unspecified atom stereocenters. The van der Waals surface area contributed by atoms with Crippen molar-refractivity contribution in [1.29, 1.82) is 0 Å². The van der Waals surface area contributed by atoms with Gasteiger partial charge in [-0.1, -0.05) is 19.1 Å². The Labute approximate surface area is 122 Å². The third-order valence-electron chi connectivity index (χ3n) is 3.83. The first-order valence-electron chi connectivity index (χ1n) is 7.44. The Kier molecular flexibility index (Phi) is 6.63. The van der Waals surface area contributed by atoms with Crippen LogP contribution in [0.1, 0.15) is 57.2 Å². The van der Waals surface area contributed by atoms with E-state index in [1.807, 2.05) is 12.1 Å². The fourth-order valence-corrected chi connectivity index (χ4v) is 2.13. The predicted molar refractivity (Wildman–Crippen MR) is 82.5 cm³/mol. The Hall–Kier alpha value is -0.930. The Bertz CT molecular complexity index is 417. The minimum absolute atomic E-state index is 0.128. The normalized spacial score (nSPS) is 13.5. The van der Waals surface area contributed by atoms with E-state index in [9.17, 15) is 4.39 Å². The smallest absolute Gasteiger partial charge is 0.126 e. The fourth-order valence-electron chi connectivity index (χ4n) is 2.13. The molecule has 2 nitrogen and oxygen atoms in total. The summed E-state index contributed by atoms with van der Waals surface area (Å²) >= 11 is 0. The second-order valence-electron chi connectivity index (χ2n) is 6.02. The van der Waals surface area contributed by atoms with E-state index in [2.05, 4.69) is 26.1 Å². The first-order chi connectivity index (χ1) is 9.39. The fraction of sp³-hybridized carbons (Fsp3) is 0.647. The first-order valence-corrected chi connectivity index (χ1v) is 7.44. The Morgan fingerprint density at radius 3 is 2.60 bits per heavy atom. The van der Waals surface area contributed by atoms with Crippen molar-refractivity contribution in [3.8, 4) is 0 Å². The second-order valence-corrected chi connectivity index (χ2v) is 6.02. The Morgan fingerprint density at radius 2 is 2.05 bits per heavy atom. The maximum Gasteiger partial charge on any atom is 0.126 e. The van der Waals surface area contributed by atoms with Crippen molar-refractivity contribution in [3.63, 3.8) is 0 Å². The van der Waals surface area contributed by atoms with Gasteiger partial charge in [0.25, 0.3) is 0 Å². The van der Waals surface area contributed by atoms with E-state index in [1.54, 1.807) is 20.1 Å². The van der Waals surface area contributed by atoms with E-state index >= 15 is 0 Å². The number of hydrogen-bond acceptors (Lipinski definition) is 2. The molecule has 0 heterocycles. The topological polar surface area (TPSA) is 21.3 Å². The molecule has 0 saturated carbocycles. The molecule has 0 saturated heterocycles. The van der Waals surface area contributed by atoms with Gasteiger partial charge in [0.2, 0.25) is 0 Å². The molecular formula is C17H28FNO. The lowest BCUT2D eigenvalue weighted by Gasteiger charge is -2.27. The van der Waals surface area contributed by atoms with E-state index < -0.39 is 0 Å². The molecule has 0 aliphatic heterocycles. The van der Waals surface area contributed by atoms with Gasteiger partial charge in [0.05, 0.1) is 5.60 Å². The average Bonchev–Trinajstić information content (AvgIpc) is 2.42. The van der Waals surface area contributed by atoms with Gasteiger partial charge in [0, 0.05) is 13.2 Å². The van der Waals surface area contributed by atoms with Crippen molar-refractivity contribution in [3.05, 3.63) is 35.1 Å². The monoisotopic (exact) mass is 281 g/mol. The molecule has 1 aromatic rings. The standard InChI is InChI=1S/C17H28FNO/c1-6-11-19-16(9-10-17(3,4)20-5)14-8-7-13(2)15(18)12-14/h7-8,12,16,19H,6,9-11H2,1-5H3. The molecule has 0 radical (unpaired) electrons. The lowest BCUT2D eigenvalue weighted by molar-refractivity contribution is 0.0117. The third-order valence-corrected chi connectivity index (χ3v) is 3.83. The number of rotatable bonds is 8. The highest BCUT2D eigenvalue weighted by Gasteiger charge is 2.20. The minimum Gasteiger partial charge on any atom is -0.379 e. The van der Waals surface area contributed by atoms with Crippen LogP contribution < -0.4 is 5.32 Å². The van der Waals surface area contributed by atoms with Gasteiger partial charge in [-0.15, -0.1) is 0 Å². The predicted octanol–water partition coefficient (Wildman–Crippen LogP) is 4.38. The molecular weight excluding hydrogens is 253 g/mol. The zero-order valence-corrected chi connectivity index (χ0v) is 13.4. The second kappa shape index (κ2) is 7.75. The molecule has 0 fully saturated rings. The highest BCUT2D eigenvalue weighted by Crippen LogP contribution is 2.25. The average molecular weight is 281 g/mol. The summed E-state index contributed by atoms with van der Waals surface area (Å²) < 4.78 is 19.2. The van der Waals surface area contributed by atoms with Crippen molar-refractivity contribution < 1.29 is 9.13 Å². The van der Waals surface area contributed by atoms with Crippen LogP contribution in [0.25, 0.3) is 0 Å². The number of aryl methyl sites for hydroxylation is 1. The van der Waals surface area contributed by atoms with Crippen molar-refractivity contribution in [2.45, 2.75) is 58.6 Å². The van der Waals surface area contributed by atoms with Crippen LogP contribution in [-0.2, 0) is 4.74 Å². The molecule has 1 aromatic carbocycles. The molecule has 0 aromatic heterocycles. The van der Waals surface area contributed by atoms with E-state index in [1.165, 1.54) is 0 Å². The van der Waals surface area contributed by atoms with Gasteiger partial charge in [0.15, 0.2) is 0 Å². The van der Waals surface area contributed by atoms with E-state index in [0.717, 1.165) is 31.4 Å². The van der Waals surface area contributed by atoms with Crippen molar-refractivity contribution >= 4 is 0 Å². The molecule has 114 valence electrons. The molecule has 0 aliphatic carbocycles. The highest BCUT2D eigenvalue weighted by atomic mass is 19.1. The maximum absolute atomic E-state index is 13.7. The highest BCUT2D eigenvalue weighted by molar-refractivity contribution is 5.25. The molecule has 0 spiro atoms. The van der Waals surface area contributed by atoms with Crippen LogP contribution in [0, 0.1) is 12.7 Å². The van der Waals surface area contributed by atoms with Gasteiger partial charge in [-0.25, -0.2) is 4.39 Å². The molecule has 0 bridgehead atoms. The largest absolute Gasteiger partial charge is 0.379 e. The molecule has 0 amide bonds. The van der Waals surface area contributed by atoms with Gasteiger partial charge < -0.3 is 10.1 Å². The Morgan fingerprint density at radius 1 is 1.35 bits per heavy atom. The molecule has 1 rings (SSSR count). The number of hydrogen-bond donors (Lipinski definition) is 1. The number of methoxy groups -OCH3 is 1. The molecule has 0 aliphatic rings. The maximum atomic E-state index is 13.7. The lowest BCUT2D eigenvalue weighted by atomic mass is 9.94. The van der Waals surface area contributed by atoms with Crippen LogP contribution in [0.3, 0.4) is 0 Å². The van der Waals surface area contributed by atoms with Gasteiger partial charge in [0.1, 0.15) is 5.82 Å². The van der Waals surface area contributed by atoms with Crippen LogP contribution in [0.4, 0.5) is 4.39 Å². The number of benzene rings is 1. The van der Waals surface area contributed by atoms with E-state index in [4.69, 9.17) is 4.74 Å². The van der Waals surface area contributed by atoms with Gasteiger partial charge >= 0.3 is 0 Å². The zero-order valence-electron chi connectivity index (χ0n) is 13.4. The summed E-state index contributed by atoms with van der Waals surface area (Å²) in [7, 11) is 1.74. The summed E-state index contributed by atoms with van der Waals surface area (Å²) in [5, 5.41) is 3.51. The third kappa shape index (κ3) is 5.22. The molecule has 1 N–H and O–H groups in total. The molecule has 20 heavy (non-hydrogen) atoms. The molecule has 1 atom stereocenters. The summed E-state index contributed by atoms with van der Waals surface area (Å²) in [6.07, 6.45) is 2.93. The van der Waals surface area contributed by atoms with Crippen LogP contribution >= 0.6 is 0 Å². The summed E-state index contributed by atoms with van der Waals surface area (Å²) in [5.41, 5.74) is 1.57. The molecule has 3 heteroatoms.